The molecule has 0 aromatic heterocycles. The van der Waals surface area contributed by atoms with Crippen molar-refractivity contribution in [3.63, 3.8) is 0 Å². The zero-order valence-corrected chi connectivity index (χ0v) is 22.4. The largest absolute Gasteiger partial charge is 0.449 e. The molecule has 198 valence electrons. The van der Waals surface area contributed by atoms with Crippen LogP contribution in [-0.2, 0) is 16.0 Å². The highest BCUT2D eigenvalue weighted by molar-refractivity contribution is 5.96. The van der Waals surface area contributed by atoms with Gasteiger partial charge in [0.1, 0.15) is 12.6 Å². The SMILES string of the molecule is Cc1cc(C)cc(CCCC(NC(=O)OCC2c3ccccc3-c3ccccc32)C(=O)Nc2ccccc2)c1. The van der Waals surface area contributed by atoms with Gasteiger partial charge in [0.15, 0.2) is 0 Å². The Morgan fingerprint density at radius 3 is 2.03 bits per heavy atom. The molecular formula is C34H34N2O3. The van der Waals surface area contributed by atoms with Crippen LogP contribution < -0.4 is 10.6 Å². The number of carbonyl (C=O) groups excluding carboxylic acids is 2. The van der Waals surface area contributed by atoms with Crippen LogP contribution in [0.3, 0.4) is 0 Å². The van der Waals surface area contributed by atoms with Gasteiger partial charge in [-0.05, 0) is 73.1 Å². The number of hydrogen-bond donors (Lipinski definition) is 2. The molecule has 0 saturated carbocycles. The van der Waals surface area contributed by atoms with Gasteiger partial charge in [-0.3, -0.25) is 4.79 Å². The molecule has 5 rings (SSSR count). The number of aryl methyl sites for hydroxylation is 3. The van der Waals surface area contributed by atoms with Crippen LogP contribution in [0.2, 0.25) is 0 Å². The van der Waals surface area contributed by atoms with Crippen LogP contribution in [0.25, 0.3) is 11.1 Å². The summed E-state index contributed by atoms with van der Waals surface area (Å²) < 4.78 is 5.74. The standard InChI is InChI=1S/C34H34N2O3/c1-23-19-24(2)21-25(20-23)11-10-18-32(33(37)35-26-12-4-3-5-13-26)36-34(38)39-22-31-29-16-8-6-14-27(29)28-15-7-9-17-30(28)31/h3-9,12-17,19-21,31-32H,10-11,18,22H2,1-2H3,(H,35,37)(H,36,38). The zero-order chi connectivity index (χ0) is 27.2. The van der Waals surface area contributed by atoms with E-state index in [2.05, 4.69) is 66.9 Å². The number of fused-ring (bicyclic) bond motifs is 3. The van der Waals surface area contributed by atoms with Crippen molar-refractivity contribution in [2.45, 2.75) is 45.1 Å². The van der Waals surface area contributed by atoms with Crippen molar-refractivity contribution in [1.82, 2.24) is 5.32 Å². The predicted molar refractivity (Wildman–Crippen MR) is 156 cm³/mol. The lowest BCUT2D eigenvalue weighted by molar-refractivity contribution is -0.118. The monoisotopic (exact) mass is 518 g/mol. The molecule has 1 unspecified atom stereocenters. The van der Waals surface area contributed by atoms with E-state index in [4.69, 9.17) is 4.74 Å². The van der Waals surface area contributed by atoms with Gasteiger partial charge < -0.3 is 15.4 Å². The molecule has 2 N–H and O–H groups in total. The molecule has 0 fully saturated rings. The fourth-order valence-electron chi connectivity index (χ4n) is 5.53. The maximum absolute atomic E-state index is 13.2. The summed E-state index contributed by atoms with van der Waals surface area (Å²) in [6.45, 7) is 4.38. The van der Waals surface area contributed by atoms with Crippen LogP contribution in [-0.4, -0.2) is 24.6 Å². The molecule has 1 aliphatic carbocycles. The van der Waals surface area contributed by atoms with Crippen LogP contribution in [0.15, 0.2) is 97.1 Å². The van der Waals surface area contributed by atoms with Crippen molar-refractivity contribution in [2.24, 2.45) is 0 Å². The Bertz CT molecular complexity index is 1400. The average Bonchev–Trinajstić information content (AvgIpc) is 3.25. The Balaban J connectivity index is 1.24. The van der Waals surface area contributed by atoms with Crippen molar-refractivity contribution in [3.05, 3.63) is 125 Å². The summed E-state index contributed by atoms with van der Waals surface area (Å²) in [7, 11) is 0. The van der Waals surface area contributed by atoms with Crippen molar-refractivity contribution in [2.75, 3.05) is 11.9 Å². The maximum atomic E-state index is 13.2. The van der Waals surface area contributed by atoms with Crippen molar-refractivity contribution < 1.29 is 14.3 Å². The first-order valence-corrected chi connectivity index (χ1v) is 13.5. The quantitative estimate of drug-likeness (QED) is 0.247. The molecule has 0 aliphatic heterocycles. The topological polar surface area (TPSA) is 67.4 Å². The Morgan fingerprint density at radius 1 is 0.795 bits per heavy atom. The Labute approximate surface area is 230 Å². The number of anilines is 1. The second kappa shape index (κ2) is 12.0. The lowest BCUT2D eigenvalue weighted by Crippen LogP contribution is -2.44. The van der Waals surface area contributed by atoms with E-state index in [9.17, 15) is 9.59 Å². The number of nitrogens with one attached hydrogen (secondary N) is 2. The average molecular weight is 519 g/mol. The summed E-state index contributed by atoms with van der Waals surface area (Å²) in [5.41, 5.74) is 9.02. The van der Waals surface area contributed by atoms with E-state index in [1.54, 1.807) is 0 Å². The molecule has 0 bridgehead atoms. The van der Waals surface area contributed by atoms with E-state index in [-0.39, 0.29) is 18.4 Å². The number of para-hydroxylation sites is 1. The lowest BCUT2D eigenvalue weighted by atomic mass is 9.98. The molecule has 5 nitrogen and oxygen atoms in total. The van der Waals surface area contributed by atoms with E-state index >= 15 is 0 Å². The van der Waals surface area contributed by atoms with Crippen LogP contribution in [0.5, 0.6) is 0 Å². The van der Waals surface area contributed by atoms with Gasteiger partial charge in [0, 0.05) is 11.6 Å². The minimum Gasteiger partial charge on any atom is -0.449 e. The summed E-state index contributed by atoms with van der Waals surface area (Å²) in [5.74, 6) is -0.292. The van der Waals surface area contributed by atoms with Crippen molar-refractivity contribution in [3.8, 4) is 11.1 Å². The molecule has 0 heterocycles. The summed E-state index contributed by atoms with van der Waals surface area (Å²) in [4.78, 5) is 26.2. The normalized spacial score (nSPS) is 12.8. The van der Waals surface area contributed by atoms with E-state index in [1.165, 1.54) is 27.8 Å². The Hall–Kier alpha value is -4.38. The summed E-state index contributed by atoms with van der Waals surface area (Å²) >= 11 is 0. The Morgan fingerprint density at radius 2 is 1.38 bits per heavy atom. The summed E-state index contributed by atoms with van der Waals surface area (Å²) in [6, 6.07) is 31.5. The predicted octanol–water partition coefficient (Wildman–Crippen LogP) is 7.17. The van der Waals surface area contributed by atoms with Crippen molar-refractivity contribution >= 4 is 17.7 Å². The molecule has 0 radical (unpaired) electrons. The van der Waals surface area contributed by atoms with E-state index in [0.717, 1.165) is 24.0 Å². The van der Waals surface area contributed by atoms with Crippen LogP contribution in [0.1, 0.15) is 46.6 Å². The van der Waals surface area contributed by atoms with E-state index in [0.29, 0.717) is 12.1 Å². The van der Waals surface area contributed by atoms with Gasteiger partial charge in [-0.15, -0.1) is 0 Å². The maximum Gasteiger partial charge on any atom is 0.407 e. The van der Waals surface area contributed by atoms with Crippen LogP contribution >= 0.6 is 0 Å². The van der Waals surface area contributed by atoms with Gasteiger partial charge in [-0.2, -0.15) is 0 Å². The Kier molecular flexibility index (Phi) is 8.07. The van der Waals surface area contributed by atoms with Gasteiger partial charge in [-0.1, -0.05) is 96.1 Å². The first kappa shape index (κ1) is 26.2. The fourth-order valence-corrected chi connectivity index (χ4v) is 5.53. The van der Waals surface area contributed by atoms with Gasteiger partial charge in [0.2, 0.25) is 5.91 Å². The zero-order valence-electron chi connectivity index (χ0n) is 22.4. The van der Waals surface area contributed by atoms with Gasteiger partial charge >= 0.3 is 6.09 Å². The molecule has 5 heteroatoms. The number of rotatable bonds is 9. The van der Waals surface area contributed by atoms with E-state index in [1.807, 2.05) is 54.6 Å². The summed E-state index contributed by atoms with van der Waals surface area (Å²) in [5, 5.41) is 5.77. The molecular weight excluding hydrogens is 484 g/mol. The number of amides is 2. The number of benzene rings is 4. The number of hydrogen-bond acceptors (Lipinski definition) is 3. The van der Waals surface area contributed by atoms with Crippen LogP contribution in [0, 0.1) is 13.8 Å². The first-order chi connectivity index (χ1) is 19.0. The molecule has 2 amide bonds. The number of ether oxygens (including phenoxy) is 1. The van der Waals surface area contributed by atoms with Gasteiger partial charge in [0.25, 0.3) is 0 Å². The minimum atomic E-state index is -0.716. The summed E-state index contributed by atoms with van der Waals surface area (Å²) in [6.07, 6.45) is 1.48. The smallest absolute Gasteiger partial charge is 0.407 e. The molecule has 4 aromatic rings. The third-order valence-electron chi connectivity index (χ3n) is 7.23. The fraction of sp³-hybridized carbons (Fsp3) is 0.235. The lowest BCUT2D eigenvalue weighted by Gasteiger charge is -2.20. The molecule has 1 atom stereocenters. The third kappa shape index (κ3) is 6.37. The van der Waals surface area contributed by atoms with Crippen molar-refractivity contribution in [1.29, 1.82) is 0 Å². The van der Waals surface area contributed by atoms with Gasteiger partial charge in [-0.25, -0.2) is 4.79 Å². The molecule has 0 saturated heterocycles. The third-order valence-corrected chi connectivity index (χ3v) is 7.23. The van der Waals surface area contributed by atoms with E-state index < -0.39 is 12.1 Å². The minimum absolute atomic E-state index is 0.0377. The first-order valence-electron chi connectivity index (χ1n) is 13.5. The highest BCUT2D eigenvalue weighted by atomic mass is 16.5. The molecule has 39 heavy (non-hydrogen) atoms. The van der Waals surface area contributed by atoms with Crippen LogP contribution in [0.4, 0.5) is 10.5 Å². The number of carbonyl (C=O) groups is 2. The highest BCUT2D eigenvalue weighted by Gasteiger charge is 2.29. The van der Waals surface area contributed by atoms with Gasteiger partial charge in [0.05, 0.1) is 0 Å². The number of alkyl carbamates (subject to hydrolysis) is 1. The molecule has 4 aromatic carbocycles. The molecule has 1 aliphatic rings. The highest BCUT2D eigenvalue weighted by Crippen LogP contribution is 2.44. The second-order valence-corrected chi connectivity index (χ2v) is 10.3. The second-order valence-electron chi connectivity index (χ2n) is 10.3. The molecule has 0 spiro atoms.